The fourth-order valence-corrected chi connectivity index (χ4v) is 4.94. The molecule has 0 aliphatic carbocycles. The van der Waals surface area contributed by atoms with Crippen molar-refractivity contribution in [3.05, 3.63) is 96.1 Å². The lowest BCUT2D eigenvalue weighted by Gasteiger charge is -2.24. The number of nitrogens with one attached hydrogen (secondary N) is 4. The first-order valence-corrected chi connectivity index (χ1v) is 15.6. The maximum atomic E-state index is 13.3. The standard InChI is InChI=1S/C35H41N7O6/c1-22(2)32(40-30(44)19-18-24-12-6-4-7-13-24)35(48)38-23(3)34(47)39-28(20-31(45)46)29(43)21-37-33(41-42-36)27-17-11-10-16-26(27)25-14-8-5-9-15-25/h4-17,22-23,28,32H,18-21H2,1-3H3,(H,38,48)(H,39,47)(H,40,44)(H,45,46)(H2,36,37,41)/p+1. The number of rotatable bonds is 17. The van der Waals surface area contributed by atoms with Crippen molar-refractivity contribution in [2.45, 2.75) is 58.2 Å². The Morgan fingerprint density at radius 1 is 0.812 bits per heavy atom. The Balaban J connectivity index is 1.63. The maximum absolute atomic E-state index is 13.3. The maximum Gasteiger partial charge on any atom is 0.305 e. The average molecular weight is 657 g/mol. The number of Topliss-reactive ketones (excluding diaryl/α,β-unsaturated/α-hetero) is 1. The number of quaternary nitrogens is 1. The molecule has 0 radical (unpaired) electrons. The number of ketones is 1. The molecule has 0 aromatic heterocycles. The number of hydrogen-bond acceptors (Lipinski definition) is 7. The molecule has 7 N–H and O–H groups in total. The van der Waals surface area contributed by atoms with Gasteiger partial charge in [0.2, 0.25) is 23.5 Å². The molecule has 0 spiro atoms. The summed E-state index contributed by atoms with van der Waals surface area (Å²) in [7, 11) is 0. The number of carboxylic acids is 1. The Labute approximate surface area is 279 Å². The zero-order chi connectivity index (χ0) is 35.1. The van der Waals surface area contributed by atoms with Crippen molar-refractivity contribution in [1.82, 2.24) is 16.0 Å². The number of aliphatic carboxylic acids is 1. The fraction of sp³-hybridized carbons (Fsp3) is 0.314. The lowest BCUT2D eigenvalue weighted by molar-refractivity contribution is -0.526. The van der Waals surface area contributed by atoms with Crippen molar-refractivity contribution in [3.63, 3.8) is 0 Å². The molecular formula is C35H42N7O6+. The largest absolute Gasteiger partial charge is 0.481 e. The van der Waals surface area contributed by atoms with Crippen LogP contribution in [0, 0.1) is 11.4 Å². The van der Waals surface area contributed by atoms with Gasteiger partial charge >= 0.3 is 5.97 Å². The van der Waals surface area contributed by atoms with Crippen LogP contribution in [-0.4, -0.2) is 65.1 Å². The van der Waals surface area contributed by atoms with E-state index in [9.17, 15) is 29.1 Å². The van der Waals surface area contributed by atoms with Crippen LogP contribution in [0.2, 0.25) is 0 Å². The molecule has 0 saturated carbocycles. The van der Waals surface area contributed by atoms with Gasteiger partial charge in [0.25, 0.3) is 5.84 Å². The normalized spacial score (nSPS) is 13.1. The van der Waals surface area contributed by atoms with Crippen LogP contribution in [0.15, 0.2) is 95.3 Å². The first-order valence-electron chi connectivity index (χ1n) is 15.6. The second-order valence-electron chi connectivity index (χ2n) is 11.5. The summed E-state index contributed by atoms with van der Waals surface area (Å²) in [5.41, 5.74) is 10.6. The van der Waals surface area contributed by atoms with E-state index in [-0.39, 0.29) is 30.6 Å². The van der Waals surface area contributed by atoms with Gasteiger partial charge in [0, 0.05) is 6.42 Å². The number of aryl methyl sites for hydroxylation is 1. The van der Waals surface area contributed by atoms with Crippen LogP contribution in [0.4, 0.5) is 0 Å². The first kappa shape index (κ1) is 36.9. The molecule has 0 aliphatic heterocycles. The summed E-state index contributed by atoms with van der Waals surface area (Å²) in [4.78, 5) is 63.7. The highest BCUT2D eigenvalue weighted by molar-refractivity contribution is 6.00. The zero-order valence-electron chi connectivity index (χ0n) is 27.2. The lowest BCUT2D eigenvalue weighted by Crippen LogP contribution is -2.90. The minimum atomic E-state index is -1.41. The van der Waals surface area contributed by atoms with E-state index >= 15 is 0 Å². The molecule has 252 valence electrons. The number of amides is 3. The quantitative estimate of drug-likeness (QED) is 0.0556. The summed E-state index contributed by atoms with van der Waals surface area (Å²) in [5.74, 6) is -3.68. The molecule has 13 heteroatoms. The summed E-state index contributed by atoms with van der Waals surface area (Å²) in [6, 6.07) is 22.7. The summed E-state index contributed by atoms with van der Waals surface area (Å²) in [5, 5.41) is 25.7. The highest BCUT2D eigenvalue weighted by atomic mass is 16.4. The molecule has 13 nitrogen and oxygen atoms in total. The predicted molar refractivity (Wildman–Crippen MR) is 179 cm³/mol. The summed E-state index contributed by atoms with van der Waals surface area (Å²) in [6.07, 6.45) is -0.0210. The van der Waals surface area contributed by atoms with Gasteiger partial charge in [0.15, 0.2) is 0 Å². The molecule has 3 rings (SSSR count). The van der Waals surface area contributed by atoms with Gasteiger partial charge in [-0.05, 0) is 47.2 Å². The smallest absolute Gasteiger partial charge is 0.305 e. The van der Waals surface area contributed by atoms with Gasteiger partial charge in [0.1, 0.15) is 24.7 Å². The van der Waals surface area contributed by atoms with E-state index < -0.39 is 48.1 Å². The monoisotopic (exact) mass is 656 g/mol. The third kappa shape index (κ3) is 11.4. The Bertz CT molecular complexity index is 1610. The number of carbonyl (C=O) groups excluding carboxylic acids is 4. The summed E-state index contributed by atoms with van der Waals surface area (Å²) < 4.78 is 0. The van der Waals surface area contributed by atoms with Gasteiger partial charge in [-0.25, -0.2) is 0 Å². The zero-order valence-corrected chi connectivity index (χ0v) is 27.2. The second-order valence-corrected chi connectivity index (χ2v) is 11.5. The average Bonchev–Trinajstić information content (AvgIpc) is 3.08. The Morgan fingerprint density at radius 2 is 1.44 bits per heavy atom. The number of hydrogen-bond donors (Lipinski definition) is 6. The second kappa shape index (κ2) is 18.6. The van der Waals surface area contributed by atoms with Crippen LogP contribution in [0.1, 0.15) is 44.7 Å². The minimum Gasteiger partial charge on any atom is -0.481 e. The van der Waals surface area contributed by atoms with Gasteiger partial charge in [-0.2, -0.15) is 5.53 Å². The van der Waals surface area contributed by atoms with Crippen molar-refractivity contribution in [2.24, 2.45) is 16.2 Å². The number of carboxylic acid groups (broad SMARTS) is 1. The molecule has 0 fully saturated rings. The Hall–Kier alpha value is -5.56. The molecule has 3 aromatic carbocycles. The van der Waals surface area contributed by atoms with Crippen LogP contribution >= 0.6 is 0 Å². The first-order chi connectivity index (χ1) is 23.0. The lowest BCUT2D eigenvalue weighted by atomic mass is 9.99. The van der Waals surface area contributed by atoms with Crippen molar-refractivity contribution in [2.75, 3.05) is 6.54 Å². The van der Waals surface area contributed by atoms with E-state index in [1.807, 2.05) is 72.8 Å². The van der Waals surface area contributed by atoms with Crippen LogP contribution < -0.4 is 21.3 Å². The van der Waals surface area contributed by atoms with Crippen LogP contribution in [0.3, 0.4) is 0 Å². The molecule has 3 unspecified atom stereocenters. The third-order valence-corrected chi connectivity index (χ3v) is 7.53. The number of nitrogens with zero attached hydrogens (tertiary/aromatic N) is 2. The molecule has 0 saturated heterocycles. The van der Waals surface area contributed by atoms with Crippen LogP contribution in [-0.2, 0) is 30.4 Å². The van der Waals surface area contributed by atoms with Crippen molar-refractivity contribution >= 4 is 35.3 Å². The topological polar surface area (TPSA) is 207 Å². The molecule has 3 aromatic rings. The number of carbonyl (C=O) groups is 5. The minimum absolute atomic E-state index is 0.173. The van der Waals surface area contributed by atoms with Gasteiger partial charge < -0.3 is 21.1 Å². The van der Waals surface area contributed by atoms with Gasteiger partial charge in [-0.15, -0.1) is 0 Å². The highest BCUT2D eigenvalue weighted by Gasteiger charge is 2.30. The molecule has 0 bridgehead atoms. The van der Waals surface area contributed by atoms with Crippen molar-refractivity contribution in [1.29, 1.82) is 5.53 Å². The van der Waals surface area contributed by atoms with E-state index in [4.69, 9.17) is 5.53 Å². The fourth-order valence-electron chi connectivity index (χ4n) is 4.94. The summed E-state index contributed by atoms with van der Waals surface area (Å²) in [6.45, 7) is 4.60. The third-order valence-electron chi connectivity index (χ3n) is 7.53. The van der Waals surface area contributed by atoms with Gasteiger partial charge in [-0.3, -0.25) is 29.3 Å². The van der Waals surface area contributed by atoms with E-state index in [0.717, 1.165) is 16.7 Å². The molecule has 3 amide bonds. The predicted octanol–water partition coefficient (Wildman–Crippen LogP) is 2.42. The molecular weight excluding hydrogens is 614 g/mol. The Kier molecular flexibility index (Phi) is 14.3. The molecule has 0 aliphatic rings. The molecule has 3 atom stereocenters. The van der Waals surface area contributed by atoms with Crippen molar-refractivity contribution in [3.8, 4) is 11.1 Å². The van der Waals surface area contributed by atoms with E-state index in [1.54, 1.807) is 26.0 Å². The number of benzene rings is 3. The number of nitrogens with two attached hydrogens (primary N) is 1. The molecule has 0 heterocycles. The summed E-state index contributed by atoms with van der Waals surface area (Å²) >= 11 is 0. The van der Waals surface area contributed by atoms with Crippen LogP contribution in [0.5, 0.6) is 0 Å². The Morgan fingerprint density at radius 3 is 2.06 bits per heavy atom. The van der Waals surface area contributed by atoms with Gasteiger partial charge in [0.05, 0.1) is 12.0 Å². The van der Waals surface area contributed by atoms with Gasteiger partial charge in [-0.1, -0.05) is 97.8 Å². The SMILES string of the molecule is CC(NC(=O)C(NC(=O)CCc1ccccc1)C(C)C)C(=O)NC(CC(=O)O)C(=O)C[NH2+]C(=NN=N)c1ccccc1-c1ccccc1. The van der Waals surface area contributed by atoms with Crippen molar-refractivity contribution < 1.29 is 34.4 Å². The van der Waals surface area contributed by atoms with Crippen LogP contribution in [0.25, 0.3) is 11.1 Å². The van der Waals surface area contributed by atoms with E-state index in [2.05, 4.69) is 26.3 Å². The van der Waals surface area contributed by atoms with E-state index in [0.29, 0.717) is 12.0 Å². The number of amidine groups is 1. The molecule has 48 heavy (non-hydrogen) atoms. The van der Waals surface area contributed by atoms with E-state index in [1.165, 1.54) is 12.2 Å². The highest BCUT2D eigenvalue weighted by Crippen LogP contribution is 2.23.